The second kappa shape index (κ2) is 7.82. The normalized spacial score (nSPS) is 12.5. The average Bonchev–Trinajstić information content (AvgIpc) is 2.48. The van der Waals surface area contributed by atoms with Gasteiger partial charge in [-0.15, -0.1) is 0 Å². The highest BCUT2D eigenvalue weighted by Gasteiger charge is 2.32. The highest BCUT2D eigenvalue weighted by molar-refractivity contribution is 5.82. The van der Waals surface area contributed by atoms with Crippen LogP contribution >= 0.6 is 0 Å². The number of carboxylic acid groups (broad SMARTS) is 1. The van der Waals surface area contributed by atoms with E-state index < -0.39 is 17.6 Å². The molecule has 0 fully saturated rings. The van der Waals surface area contributed by atoms with Crippen LogP contribution in [0.25, 0.3) is 0 Å². The van der Waals surface area contributed by atoms with Crippen molar-refractivity contribution in [3.8, 4) is 5.75 Å². The summed E-state index contributed by atoms with van der Waals surface area (Å²) in [5, 5.41) is 11.9. The first-order valence-corrected chi connectivity index (χ1v) is 7.59. The molecule has 0 bridgehead atoms. The standard InChI is InChI=1S/C17H25NO4/c1-5-17(6-2,11-15(19)20)18-16(21)13(4)22-14-9-7-12(3)8-10-14/h7-10,13H,5-6,11H2,1-4H3,(H,18,21)(H,19,20). The third-order valence-electron chi connectivity index (χ3n) is 3.93. The number of amides is 1. The summed E-state index contributed by atoms with van der Waals surface area (Å²) in [4.78, 5) is 23.3. The highest BCUT2D eigenvalue weighted by Crippen LogP contribution is 2.21. The van der Waals surface area contributed by atoms with E-state index in [9.17, 15) is 9.59 Å². The lowest BCUT2D eigenvalue weighted by atomic mass is 9.88. The molecule has 1 amide bonds. The van der Waals surface area contributed by atoms with Gasteiger partial charge in [0.2, 0.25) is 0 Å². The molecular weight excluding hydrogens is 282 g/mol. The summed E-state index contributed by atoms with van der Waals surface area (Å²) in [6.07, 6.45) is 0.328. The van der Waals surface area contributed by atoms with Crippen LogP contribution in [-0.2, 0) is 9.59 Å². The van der Waals surface area contributed by atoms with Crippen LogP contribution in [0.3, 0.4) is 0 Å². The molecule has 22 heavy (non-hydrogen) atoms. The van der Waals surface area contributed by atoms with Gasteiger partial charge in [-0.1, -0.05) is 31.5 Å². The summed E-state index contributed by atoms with van der Waals surface area (Å²) in [6.45, 7) is 7.38. The number of nitrogens with one attached hydrogen (secondary N) is 1. The van der Waals surface area contributed by atoms with E-state index in [1.165, 1.54) is 0 Å². The molecule has 1 atom stereocenters. The molecule has 0 spiro atoms. The van der Waals surface area contributed by atoms with Crippen molar-refractivity contribution in [2.75, 3.05) is 0 Å². The monoisotopic (exact) mass is 307 g/mol. The van der Waals surface area contributed by atoms with E-state index in [1.807, 2.05) is 45.0 Å². The zero-order valence-electron chi connectivity index (χ0n) is 13.7. The van der Waals surface area contributed by atoms with Gasteiger partial charge in [-0.3, -0.25) is 9.59 Å². The van der Waals surface area contributed by atoms with Crippen molar-refractivity contribution >= 4 is 11.9 Å². The lowest BCUT2D eigenvalue weighted by molar-refractivity contribution is -0.139. The van der Waals surface area contributed by atoms with Crippen LogP contribution in [0.2, 0.25) is 0 Å². The Morgan fingerprint density at radius 1 is 1.23 bits per heavy atom. The zero-order chi connectivity index (χ0) is 16.8. The van der Waals surface area contributed by atoms with Gasteiger partial charge in [-0.05, 0) is 38.8 Å². The minimum absolute atomic E-state index is 0.0943. The number of carbonyl (C=O) groups excluding carboxylic acids is 1. The number of hydrogen-bond donors (Lipinski definition) is 2. The number of ether oxygens (including phenoxy) is 1. The number of benzene rings is 1. The Labute approximate surface area is 131 Å². The number of hydrogen-bond acceptors (Lipinski definition) is 3. The van der Waals surface area contributed by atoms with Gasteiger partial charge in [0.1, 0.15) is 5.75 Å². The number of carboxylic acids is 1. The van der Waals surface area contributed by atoms with Crippen molar-refractivity contribution in [2.24, 2.45) is 0 Å². The van der Waals surface area contributed by atoms with E-state index in [-0.39, 0.29) is 12.3 Å². The van der Waals surface area contributed by atoms with Gasteiger partial charge in [-0.2, -0.15) is 0 Å². The Morgan fingerprint density at radius 3 is 2.23 bits per heavy atom. The first-order chi connectivity index (χ1) is 10.3. The quantitative estimate of drug-likeness (QED) is 0.774. The molecule has 0 saturated carbocycles. The van der Waals surface area contributed by atoms with Crippen LogP contribution in [0.4, 0.5) is 0 Å². The minimum atomic E-state index is -0.920. The predicted molar refractivity (Wildman–Crippen MR) is 85.0 cm³/mol. The fraction of sp³-hybridized carbons (Fsp3) is 0.529. The number of carbonyl (C=O) groups is 2. The second-order valence-corrected chi connectivity index (χ2v) is 5.62. The number of aryl methyl sites for hydroxylation is 1. The molecular formula is C17H25NO4. The van der Waals surface area contributed by atoms with E-state index in [1.54, 1.807) is 6.92 Å². The van der Waals surface area contributed by atoms with Crippen LogP contribution in [0.15, 0.2) is 24.3 Å². The summed E-state index contributed by atoms with van der Waals surface area (Å²) < 4.78 is 5.61. The molecule has 0 aliphatic heterocycles. The maximum atomic E-state index is 12.3. The van der Waals surface area contributed by atoms with Gasteiger partial charge in [0.15, 0.2) is 6.10 Å². The Bertz CT molecular complexity index is 506. The minimum Gasteiger partial charge on any atom is -0.481 e. The maximum Gasteiger partial charge on any atom is 0.305 e. The zero-order valence-corrected chi connectivity index (χ0v) is 13.7. The molecule has 1 unspecified atom stereocenters. The van der Waals surface area contributed by atoms with E-state index in [0.29, 0.717) is 18.6 Å². The fourth-order valence-corrected chi connectivity index (χ4v) is 2.25. The fourth-order valence-electron chi connectivity index (χ4n) is 2.25. The molecule has 0 aliphatic rings. The van der Waals surface area contributed by atoms with Crippen LogP contribution < -0.4 is 10.1 Å². The molecule has 1 aromatic carbocycles. The molecule has 0 radical (unpaired) electrons. The van der Waals surface area contributed by atoms with E-state index >= 15 is 0 Å². The molecule has 2 N–H and O–H groups in total. The Balaban J connectivity index is 2.72. The molecule has 122 valence electrons. The molecule has 0 saturated heterocycles. The summed E-state index contributed by atoms with van der Waals surface area (Å²) in [5.41, 5.74) is 0.385. The average molecular weight is 307 g/mol. The Morgan fingerprint density at radius 2 is 1.77 bits per heavy atom. The van der Waals surface area contributed by atoms with Gasteiger partial charge in [-0.25, -0.2) is 0 Å². The van der Waals surface area contributed by atoms with Gasteiger partial charge in [0.25, 0.3) is 5.91 Å². The molecule has 1 aromatic rings. The lowest BCUT2D eigenvalue weighted by Crippen LogP contribution is -2.52. The van der Waals surface area contributed by atoms with Gasteiger partial charge in [0.05, 0.1) is 12.0 Å². The van der Waals surface area contributed by atoms with E-state index in [0.717, 1.165) is 5.56 Å². The Hall–Kier alpha value is -2.04. The molecule has 5 nitrogen and oxygen atoms in total. The predicted octanol–water partition coefficient (Wildman–Crippen LogP) is 2.91. The smallest absolute Gasteiger partial charge is 0.305 e. The summed E-state index contributed by atoms with van der Waals surface area (Å²) in [7, 11) is 0. The maximum absolute atomic E-state index is 12.3. The largest absolute Gasteiger partial charge is 0.481 e. The first-order valence-electron chi connectivity index (χ1n) is 7.59. The topological polar surface area (TPSA) is 75.6 Å². The summed E-state index contributed by atoms with van der Waals surface area (Å²) >= 11 is 0. The second-order valence-electron chi connectivity index (χ2n) is 5.62. The number of rotatable bonds is 8. The lowest BCUT2D eigenvalue weighted by Gasteiger charge is -2.32. The van der Waals surface area contributed by atoms with Crippen molar-refractivity contribution in [3.05, 3.63) is 29.8 Å². The van der Waals surface area contributed by atoms with Crippen molar-refractivity contribution in [1.82, 2.24) is 5.32 Å². The van der Waals surface area contributed by atoms with Crippen molar-refractivity contribution < 1.29 is 19.4 Å². The van der Waals surface area contributed by atoms with Crippen LogP contribution in [0, 0.1) is 6.92 Å². The summed E-state index contributed by atoms with van der Waals surface area (Å²) in [6, 6.07) is 7.44. The third kappa shape index (κ3) is 5.06. The SMILES string of the molecule is CCC(CC)(CC(=O)O)NC(=O)C(C)Oc1ccc(C)cc1. The van der Waals surface area contributed by atoms with E-state index in [4.69, 9.17) is 9.84 Å². The number of aliphatic carboxylic acids is 1. The molecule has 0 heterocycles. The van der Waals surface area contributed by atoms with Crippen LogP contribution in [-0.4, -0.2) is 28.6 Å². The highest BCUT2D eigenvalue weighted by atomic mass is 16.5. The van der Waals surface area contributed by atoms with Gasteiger partial charge in [0, 0.05) is 0 Å². The third-order valence-corrected chi connectivity index (χ3v) is 3.93. The van der Waals surface area contributed by atoms with Crippen LogP contribution in [0.5, 0.6) is 5.75 Å². The molecule has 0 aliphatic carbocycles. The van der Waals surface area contributed by atoms with Crippen molar-refractivity contribution in [2.45, 2.75) is 58.6 Å². The van der Waals surface area contributed by atoms with Gasteiger partial charge < -0.3 is 15.2 Å². The van der Waals surface area contributed by atoms with E-state index in [2.05, 4.69) is 5.32 Å². The van der Waals surface area contributed by atoms with Crippen LogP contribution in [0.1, 0.15) is 45.6 Å². The van der Waals surface area contributed by atoms with Crippen molar-refractivity contribution in [3.63, 3.8) is 0 Å². The molecule has 1 rings (SSSR count). The first kappa shape index (κ1) is 18.0. The molecule has 0 aromatic heterocycles. The Kier molecular flexibility index (Phi) is 6.40. The van der Waals surface area contributed by atoms with Crippen molar-refractivity contribution in [1.29, 1.82) is 0 Å². The van der Waals surface area contributed by atoms with Gasteiger partial charge >= 0.3 is 5.97 Å². The summed E-state index contributed by atoms with van der Waals surface area (Å²) in [5.74, 6) is -0.605. The molecule has 5 heteroatoms.